The first kappa shape index (κ1) is 10.7. The van der Waals surface area contributed by atoms with Gasteiger partial charge in [0.2, 0.25) is 0 Å². The first-order valence-corrected chi connectivity index (χ1v) is 6.18. The van der Waals surface area contributed by atoms with Crippen LogP contribution in [0.15, 0.2) is 34.5 Å². The van der Waals surface area contributed by atoms with Crippen molar-refractivity contribution in [3.63, 3.8) is 0 Å². The van der Waals surface area contributed by atoms with Crippen molar-refractivity contribution >= 4 is 27.3 Å². The summed E-state index contributed by atoms with van der Waals surface area (Å²) in [5.74, 6) is 0.148. The Bertz CT molecular complexity index is 429. The quantitative estimate of drug-likeness (QED) is 0.941. The van der Waals surface area contributed by atoms with Crippen molar-refractivity contribution < 1.29 is 0 Å². The molecule has 2 aromatic heterocycles. The van der Waals surface area contributed by atoms with Crippen molar-refractivity contribution in [1.82, 2.24) is 9.97 Å². The Labute approximate surface area is 101 Å². The molecule has 2 N–H and O–H groups in total. The van der Waals surface area contributed by atoms with Gasteiger partial charge in [0.05, 0.1) is 5.69 Å². The summed E-state index contributed by atoms with van der Waals surface area (Å²) in [6.45, 7) is 0.547. The highest BCUT2D eigenvalue weighted by Gasteiger charge is 2.15. The lowest BCUT2D eigenvalue weighted by atomic mass is 10.0. The fourth-order valence-corrected chi connectivity index (χ4v) is 2.96. The van der Waals surface area contributed by atoms with E-state index >= 15 is 0 Å². The van der Waals surface area contributed by atoms with Crippen molar-refractivity contribution in [2.75, 3.05) is 6.54 Å². The highest BCUT2D eigenvalue weighted by atomic mass is 79.9. The predicted octanol–water partition coefficient (Wildman–Crippen LogP) is 2.39. The van der Waals surface area contributed by atoms with E-state index in [1.165, 1.54) is 4.88 Å². The van der Waals surface area contributed by atoms with E-state index in [1.54, 1.807) is 29.9 Å². The van der Waals surface area contributed by atoms with Gasteiger partial charge in [0.1, 0.15) is 0 Å². The van der Waals surface area contributed by atoms with Crippen LogP contribution >= 0.6 is 27.3 Å². The highest BCUT2D eigenvalue weighted by molar-refractivity contribution is 9.10. The fraction of sp³-hybridized carbons (Fsp3) is 0.200. The second-order valence-corrected chi connectivity index (χ2v) is 4.94. The van der Waals surface area contributed by atoms with Gasteiger partial charge < -0.3 is 5.73 Å². The summed E-state index contributed by atoms with van der Waals surface area (Å²) in [7, 11) is 0. The molecule has 3 nitrogen and oxygen atoms in total. The Kier molecular flexibility index (Phi) is 3.45. The molecular weight excluding hydrogens is 274 g/mol. The molecule has 0 amide bonds. The molecule has 0 bridgehead atoms. The smallest absolute Gasteiger partial charge is 0.0682 e. The number of rotatable bonds is 3. The van der Waals surface area contributed by atoms with E-state index in [2.05, 4.69) is 32.0 Å². The van der Waals surface area contributed by atoms with Gasteiger partial charge in [-0.2, -0.15) is 0 Å². The third kappa shape index (κ3) is 2.42. The Hall–Kier alpha value is -0.780. The van der Waals surface area contributed by atoms with E-state index < -0.39 is 0 Å². The standard InChI is InChI=1S/C10H10BrN3S/c11-7-3-10(15-6-7)8(4-12)9-5-13-1-2-14-9/h1-3,5-6,8H,4,12H2. The van der Waals surface area contributed by atoms with Crippen molar-refractivity contribution in [2.45, 2.75) is 5.92 Å². The molecule has 2 aromatic rings. The van der Waals surface area contributed by atoms with E-state index in [9.17, 15) is 0 Å². The maximum Gasteiger partial charge on any atom is 0.0682 e. The second kappa shape index (κ2) is 4.83. The van der Waals surface area contributed by atoms with Crippen molar-refractivity contribution in [3.05, 3.63) is 45.1 Å². The van der Waals surface area contributed by atoms with Crippen LogP contribution in [0.3, 0.4) is 0 Å². The molecule has 2 heterocycles. The summed E-state index contributed by atoms with van der Waals surface area (Å²) in [5.41, 5.74) is 6.69. The number of halogens is 1. The Balaban J connectivity index is 2.33. The molecule has 0 aliphatic heterocycles. The Morgan fingerprint density at radius 2 is 2.33 bits per heavy atom. The van der Waals surface area contributed by atoms with Gasteiger partial charge in [-0.15, -0.1) is 11.3 Å². The number of nitrogens with zero attached hydrogens (tertiary/aromatic N) is 2. The van der Waals surface area contributed by atoms with Gasteiger partial charge in [-0.25, -0.2) is 0 Å². The normalized spacial score (nSPS) is 12.7. The molecule has 78 valence electrons. The first-order valence-electron chi connectivity index (χ1n) is 4.51. The molecule has 1 atom stereocenters. The molecule has 0 fully saturated rings. The third-order valence-corrected chi connectivity index (χ3v) is 3.91. The van der Waals surface area contributed by atoms with Crippen molar-refractivity contribution in [3.8, 4) is 0 Å². The number of hydrogen-bond acceptors (Lipinski definition) is 4. The zero-order chi connectivity index (χ0) is 10.7. The predicted molar refractivity (Wildman–Crippen MR) is 64.9 cm³/mol. The topological polar surface area (TPSA) is 51.8 Å². The minimum atomic E-state index is 0.148. The molecule has 2 rings (SSSR count). The molecule has 0 radical (unpaired) electrons. The highest BCUT2D eigenvalue weighted by Crippen LogP contribution is 2.29. The minimum Gasteiger partial charge on any atom is -0.329 e. The lowest BCUT2D eigenvalue weighted by molar-refractivity contribution is 0.793. The summed E-state index contributed by atoms with van der Waals surface area (Å²) >= 11 is 5.12. The van der Waals surface area contributed by atoms with Crippen molar-refractivity contribution in [2.24, 2.45) is 5.73 Å². The van der Waals surface area contributed by atoms with Crippen LogP contribution in [-0.2, 0) is 0 Å². The first-order chi connectivity index (χ1) is 7.31. The van der Waals surface area contributed by atoms with Crippen molar-refractivity contribution in [1.29, 1.82) is 0 Å². The molecule has 0 spiro atoms. The average Bonchev–Trinajstić information content (AvgIpc) is 2.68. The van der Waals surface area contributed by atoms with Gasteiger partial charge in [0, 0.05) is 45.8 Å². The maximum atomic E-state index is 5.77. The summed E-state index contributed by atoms with van der Waals surface area (Å²) in [5, 5.41) is 2.05. The number of hydrogen-bond donors (Lipinski definition) is 1. The van der Waals surface area contributed by atoms with Crippen LogP contribution in [0.1, 0.15) is 16.5 Å². The van der Waals surface area contributed by atoms with Crippen LogP contribution in [0.5, 0.6) is 0 Å². The molecule has 0 saturated heterocycles. The van der Waals surface area contributed by atoms with E-state index in [1.807, 2.05) is 5.38 Å². The molecule has 15 heavy (non-hydrogen) atoms. The number of thiophene rings is 1. The van der Waals surface area contributed by atoms with Gasteiger partial charge in [-0.3, -0.25) is 9.97 Å². The van der Waals surface area contributed by atoms with Gasteiger partial charge in [0.15, 0.2) is 0 Å². The monoisotopic (exact) mass is 283 g/mol. The SMILES string of the molecule is NCC(c1cnccn1)c1cc(Br)cs1. The molecule has 0 aliphatic carbocycles. The van der Waals surface area contributed by atoms with E-state index in [4.69, 9.17) is 5.73 Å². The van der Waals surface area contributed by atoms with E-state index in [0.29, 0.717) is 6.54 Å². The van der Waals surface area contributed by atoms with Gasteiger partial charge >= 0.3 is 0 Å². The molecule has 0 aliphatic rings. The van der Waals surface area contributed by atoms with E-state index in [0.717, 1.165) is 10.2 Å². The van der Waals surface area contributed by atoms with Crippen LogP contribution in [0, 0.1) is 0 Å². The molecule has 0 saturated carbocycles. The van der Waals surface area contributed by atoms with Crippen LogP contribution < -0.4 is 5.73 Å². The molecule has 5 heteroatoms. The lowest BCUT2D eigenvalue weighted by Gasteiger charge is -2.10. The Morgan fingerprint density at radius 3 is 2.87 bits per heavy atom. The van der Waals surface area contributed by atoms with Crippen LogP contribution in [-0.4, -0.2) is 16.5 Å². The average molecular weight is 284 g/mol. The number of aromatic nitrogens is 2. The minimum absolute atomic E-state index is 0.148. The number of nitrogens with two attached hydrogens (primary N) is 1. The van der Waals surface area contributed by atoms with Crippen LogP contribution in [0.25, 0.3) is 0 Å². The van der Waals surface area contributed by atoms with Crippen LogP contribution in [0.4, 0.5) is 0 Å². The van der Waals surface area contributed by atoms with E-state index in [-0.39, 0.29) is 5.92 Å². The molecule has 0 aromatic carbocycles. The molecule has 1 unspecified atom stereocenters. The second-order valence-electron chi connectivity index (χ2n) is 3.09. The maximum absolute atomic E-state index is 5.77. The lowest BCUT2D eigenvalue weighted by Crippen LogP contribution is -2.14. The van der Waals surface area contributed by atoms with Gasteiger partial charge in [-0.1, -0.05) is 0 Å². The largest absolute Gasteiger partial charge is 0.329 e. The van der Waals surface area contributed by atoms with Gasteiger partial charge in [0.25, 0.3) is 0 Å². The zero-order valence-electron chi connectivity index (χ0n) is 7.93. The summed E-state index contributed by atoms with van der Waals surface area (Å²) < 4.78 is 1.09. The zero-order valence-corrected chi connectivity index (χ0v) is 10.3. The molecular formula is C10H10BrN3S. The summed E-state index contributed by atoms with van der Waals surface area (Å²) in [6.07, 6.45) is 5.13. The third-order valence-electron chi connectivity index (χ3n) is 2.11. The van der Waals surface area contributed by atoms with Crippen LogP contribution in [0.2, 0.25) is 0 Å². The van der Waals surface area contributed by atoms with Gasteiger partial charge in [-0.05, 0) is 22.0 Å². The summed E-state index contributed by atoms with van der Waals surface area (Å²) in [4.78, 5) is 9.56. The summed E-state index contributed by atoms with van der Waals surface area (Å²) in [6, 6.07) is 2.08. The Morgan fingerprint density at radius 1 is 1.47 bits per heavy atom. The fourth-order valence-electron chi connectivity index (χ4n) is 1.38.